The van der Waals surface area contributed by atoms with Crippen molar-refractivity contribution in [2.24, 2.45) is 0 Å². The number of furan rings is 1. The topological polar surface area (TPSA) is 50.5 Å². The zero-order valence-corrected chi connectivity index (χ0v) is 16.2. The molecule has 24 heavy (non-hydrogen) atoms. The predicted octanol–water partition coefficient (Wildman–Crippen LogP) is 4.76. The molecule has 1 fully saturated rings. The molecule has 8 heteroatoms. The number of hydrogen-bond donors (Lipinski definition) is 0. The first-order chi connectivity index (χ1) is 11.4. The van der Waals surface area contributed by atoms with Crippen molar-refractivity contribution in [3.8, 4) is 0 Å². The fraction of sp³-hybridized carbons (Fsp3) is 0.375. The third-order valence-electron chi connectivity index (χ3n) is 3.99. The normalized spacial score (nSPS) is 20.0. The highest BCUT2D eigenvalue weighted by Crippen LogP contribution is 2.37. The van der Waals surface area contributed by atoms with Crippen LogP contribution in [0.3, 0.4) is 0 Å². The van der Waals surface area contributed by atoms with E-state index in [2.05, 4.69) is 0 Å². The summed E-state index contributed by atoms with van der Waals surface area (Å²) in [6, 6.07) is 6.82. The Hall–Kier alpha value is -0.660. The molecule has 0 spiro atoms. The largest absolute Gasteiger partial charge is 0.468 e. The monoisotopic (exact) mass is 405 g/mol. The molecule has 0 N–H and O–H groups in total. The summed E-state index contributed by atoms with van der Waals surface area (Å²) in [7, 11) is -3.65. The lowest BCUT2D eigenvalue weighted by atomic mass is 10.2. The van der Waals surface area contributed by atoms with Gasteiger partial charge < -0.3 is 4.42 Å². The third-order valence-corrected chi connectivity index (χ3v) is 8.05. The summed E-state index contributed by atoms with van der Waals surface area (Å²) in [5.41, 5.74) is 0.692. The second-order valence-corrected chi connectivity index (χ2v) is 9.63. The number of hydrogen-bond acceptors (Lipinski definition) is 4. The second kappa shape index (κ2) is 7.30. The van der Waals surface area contributed by atoms with E-state index in [1.807, 2.05) is 12.1 Å². The van der Waals surface area contributed by atoms with E-state index in [4.69, 9.17) is 27.6 Å². The number of aryl methyl sites for hydroxylation is 1. The lowest BCUT2D eigenvalue weighted by Crippen LogP contribution is -2.33. The van der Waals surface area contributed by atoms with Gasteiger partial charge in [-0.1, -0.05) is 23.2 Å². The SMILES string of the molecule is Cc1cc(S(=O)(=O)N2CCSC(c3ccco3)CC2)c(Cl)cc1Cl. The van der Waals surface area contributed by atoms with Gasteiger partial charge in [0.25, 0.3) is 0 Å². The van der Waals surface area contributed by atoms with Crippen molar-refractivity contribution >= 4 is 45.0 Å². The molecule has 1 aliphatic rings. The molecule has 4 nitrogen and oxygen atoms in total. The summed E-state index contributed by atoms with van der Waals surface area (Å²) in [4.78, 5) is 0.118. The molecule has 1 aromatic carbocycles. The van der Waals surface area contributed by atoms with Gasteiger partial charge in [-0.3, -0.25) is 0 Å². The highest BCUT2D eigenvalue weighted by Gasteiger charge is 2.31. The van der Waals surface area contributed by atoms with Gasteiger partial charge in [0.2, 0.25) is 10.0 Å². The van der Waals surface area contributed by atoms with Crippen LogP contribution in [0.15, 0.2) is 39.8 Å². The van der Waals surface area contributed by atoms with Crippen LogP contribution in [-0.2, 0) is 10.0 Å². The quantitative estimate of drug-likeness (QED) is 0.737. The van der Waals surface area contributed by atoms with Crippen molar-refractivity contribution in [3.63, 3.8) is 0 Å². The highest BCUT2D eigenvalue weighted by molar-refractivity contribution is 7.99. The average Bonchev–Trinajstić information content (AvgIpc) is 2.94. The summed E-state index contributed by atoms with van der Waals surface area (Å²) >= 11 is 13.9. The molecule has 0 amide bonds. The molecule has 1 aromatic heterocycles. The maximum atomic E-state index is 13.0. The van der Waals surface area contributed by atoms with Crippen LogP contribution in [0.4, 0.5) is 0 Å². The van der Waals surface area contributed by atoms with E-state index in [0.29, 0.717) is 35.8 Å². The molecule has 0 aliphatic carbocycles. The fourth-order valence-corrected chi connectivity index (χ4v) is 6.22. The van der Waals surface area contributed by atoms with Gasteiger partial charge in [0.05, 0.1) is 16.5 Å². The van der Waals surface area contributed by atoms with Gasteiger partial charge in [0, 0.05) is 23.9 Å². The van der Waals surface area contributed by atoms with Gasteiger partial charge >= 0.3 is 0 Å². The molecule has 130 valence electrons. The van der Waals surface area contributed by atoms with E-state index >= 15 is 0 Å². The van der Waals surface area contributed by atoms with Gasteiger partial charge in [-0.25, -0.2) is 8.42 Å². The highest BCUT2D eigenvalue weighted by atomic mass is 35.5. The summed E-state index contributed by atoms with van der Waals surface area (Å²) < 4.78 is 32.9. The molecule has 1 unspecified atom stereocenters. The molecular weight excluding hydrogens is 389 g/mol. The molecule has 0 radical (unpaired) electrons. The van der Waals surface area contributed by atoms with Crippen molar-refractivity contribution in [3.05, 3.63) is 51.9 Å². The summed E-state index contributed by atoms with van der Waals surface area (Å²) in [6.07, 6.45) is 2.34. The van der Waals surface area contributed by atoms with Crippen LogP contribution in [0.2, 0.25) is 10.0 Å². The number of sulfonamides is 1. The standard InChI is InChI=1S/C16H17Cl2NO3S2/c1-11-9-16(13(18)10-12(11)17)24(20,21)19-5-4-15(23-8-6-19)14-3-2-7-22-14/h2-3,7,9-10,15H,4-6,8H2,1H3. The van der Waals surface area contributed by atoms with Gasteiger partial charge in [0.1, 0.15) is 10.7 Å². The third kappa shape index (κ3) is 3.63. The van der Waals surface area contributed by atoms with Gasteiger partial charge in [-0.05, 0) is 43.2 Å². The summed E-state index contributed by atoms with van der Waals surface area (Å²) in [5.74, 6) is 1.59. The predicted molar refractivity (Wildman–Crippen MR) is 98.5 cm³/mol. The first-order valence-corrected chi connectivity index (χ1v) is 10.7. The summed E-state index contributed by atoms with van der Waals surface area (Å²) in [6.45, 7) is 2.64. The van der Waals surface area contributed by atoms with E-state index in [-0.39, 0.29) is 15.2 Å². The van der Waals surface area contributed by atoms with Crippen molar-refractivity contribution in [2.45, 2.75) is 23.5 Å². The smallest absolute Gasteiger partial charge is 0.244 e. The van der Waals surface area contributed by atoms with Gasteiger partial charge in [0.15, 0.2) is 0 Å². The second-order valence-electron chi connectivity index (χ2n) is 5.60. The van der Waals surface area contributed by atoms with Crippen LogP contribution in [-0.4, -0.2) is 31.6 Å². The van der Waals surface area contributed by atoms with Crippen molar-refractivity contribution in [2.75, 3.05) is 18.8 Å². The molecule has 1 aliphatic heterocycles. The van der Waals surface area contributed by atoms with Crippen LogP contribution in [0.5, 0.6) is 0 Å². The van der Waals surface area contributed by atoms with Crippen LogP contribution in [0, 0.1) is 6.92 Å². The number of benzene rings is 1. The Bertz CT molecular complexity index is 822. The zero-order valence-electron chi connectivity index (χ0n) is 13.0. The Labute approximate surface area is 156 Å². The Balaban J connectivity index is 1.84. The molecule has 2 aromatic rings. The van der Waals surface area contributed by atoms with Gasteiger partial charge in [-0.2, -0.15) is 4.31 Å². The maximum absolute atomic E-state index is 13.0. The zero-order chi connectivity index (χ0) is 17.3. The van der Waals surface area contributed by atoms with Crippen molar-refractivity contribution in [1.82, 2.24) is 4.31 Å². The van der Waals surface area contributed by atoms with E-state index in [1.165, 1.54) is 10.4 Å². The maximum Gasteiger partial charge on any atom is 0.244 e. The molecule has 1 atom stereocenters. The Morgan fingerprint density at radius 3 is 2.75 bits per heavy atom. The van der Waals surface area contributed by atoms with E-state index in [1.54, 1.807) is 31.0 Å². The van der Waals surface area contributed by atoms with E-state index in [9.17, 15) is 8.42 Å². The van der Waals surface area contributed by atoms with E-state index in [0.717, 1.165) is 5.76 Å². The van der Waals surface area contributed by atoms with Crippen LogP contribution >= 0.6 is 35.0 Å². The number of rotatable bonds is 3. The minimum atomic E-state index is -3.65. The molecule has 2 heterocycles. The first-order valence-electron chi connectivity index (χ1n) is 7.50. The molecular formula is C16H17Cl2NO3S2. The molecule has 3 rings (SSSR count). The number of nitrogens with zero attached hydrogens (tertiary/aromatic N) is 1. The molecule has 1 saturated heterocycles. The number of thioether (sulfide) groups is 1. The minimum absolute atomic E-state index is 0.118. The molecule has 0 saturated carbocycles. The average molecular weight is 406 g/mol. The fourth-order valence-electron chi connectivity index (χ4n) is 2.66. The summed E-state index contributed by atoms with van der Waals surface area (Å²) in [5, 5.41) is 0.788. The van der Waals surface area contributed by atoms with Crippen molar-refractivity contribution < 1.29 is 12.8 Å². The first kappa shape index (κ1) is 18.1. The minimum Gasteiger partial charge on any atom is -0.468 e. The van der Waals surface area contributed by atoms with Crippen LogP contribution in [0.1, 0.15) is 23.0 Å². The van der Waals surface area contributed by atoms with Crippen LogP contribution in [0.25, 0.3) is 0 Å². The lowest BCUT2D eigenvalue weighted by Gasteiger charge is -2.21. The van der Waals surface area contributed by atoms with Crippen molar-refractivity contribution in [1.29, 1.82) is 0 Å². The van der Waals surface area contributed by atoms with E-state index < -0.39 is 10.0 Å². The Kier molecular flexibility index (Phi) is 5.52. The van der Waals surface area contributed by atoms with Gasteiger partial charge in [-0.15, -0.1) is 11.8 Å². The Morgan fingerprint density at radius 1 is 1.25 bits per heavy atom. The lowest BCUT2D eigenvalue weighted by molar-refractivity contribution is 0.417. The van der Waals surface area contributed by atoms with Crippen LogP contribution < -0.4 is 0 Å². The Morgan fingerprint density at radius 2 is 2.04 bits per heavy atom. The number of halogens is 2. The molecule has 0 bridgehead atoms.